The maximum Gasteiger partial charge on any atom is 0.190 e. The van der Waals surface area contributed by atoms with Crippen LogP contribution in [0.4, 0.5) is 0 Å². The van der Waals surface area contributed by atoms with Gasteiger partial charge in [0.05, 0.1) is 19.8 Å². The minimum Gasteiger partial charge on any atom is -0.494 e. The molecule has 166 valence electrons. The zero-order valence-electron chi connectivity index (χ0n) is 18.0. The van der Waals surface area contributed by atoms with Crippen molar-refractivity contribution in [2.45, 2.75) is 39.0 Å². The largest absolute Gasteiger partial charge is 0.494 e. The van der Waals surface area contributed by atoms with Crippen LogP contribution >= 0.6 is 24.0 Å². The van der Waals surface area contributed by atoms with Crippen molar-refractivity contribution in [3.05, 3.63) is 29.8 Å². The molecule has 1 fully saturated rings. The summed E-state index contributed by atoms with van der Waals surface area (Å²) in [4.78, 5) is 4.27. The van der Waals surface area contributed by atoms with E-state index in [9.17, 15) is 0 Å². The molecule has 2 rings (SSSR count). The summed E-state index contributed by atoms with van der Waals surface area (Å²) in [6, 6.07) is 8.36. The average Bonchev–Trinajstić information content (AvgIpc) is 3.24. The fraction of sp³-hybridized carbons (Fsp3) is 0.682. The summed E-state index contributed by atoms with van der Waals surface area (Å²) in [7, 11) is 1.80. The first-order valence-electron chi connectivity index (χ1n) is 10.6. The molecule has 1 aliphatic rings. The molecule has 0 aliphatic carbocycles. The van der Waals surface area contributed by atoms with Crippen molar-refractivity contribution in [3.8, 4) is 5.75 Å². The molecule has 1 heterocycles. The first-order valence-corrected chi connectivity index (χ1v) is 10.6. The van der Waals surface area contributed by atoms with E-state index in [2.05, 4.69) is 46.8 Å². The van der Waals surface area contributed by atoms with E-state index >= 15 is 0 Å². The zero-order chi connectivity index (χ0) is 19.9. The Morgan fingerprint density at radius 2 is 1.93 bits per heavy atom. The predicted octanol–water partition coefficient (Wildman–Crippen LogP) is 3.63. The molecule has 7 heteroatoms. The summed E-state index contributed by atoms with van der Waals surface area (Å²) in [6.45, 7) is 7.97. The molecule has 0 saturated carbocycles. The molecule has 6 nitrogen and oxygen atoms in total. The van der Waals surface area contributed by atoms with E-state index in [1.54, 1.807) is 7.05 Å². The van der Waals surface area contributed by atoms with Crippen LogP contribution < -0.4 is 15.4 Å². The number of nitrogens with one attached hydrogen (secondary N) is 2. The third-order valence-electron chi connectivity index (χ3n) is 4.76. The summed E-state index contributed by atoms with van der Waals surface area (Å²) < 4.78 is 16.8. The van der Waals surface area contributed by atoms with Crippen LogP contribution in [0.2, 0.25) is 0 Å². The first-order chi connectivity index (χ1) is 13.8. The Bertz CT molecular complexity index is 549. The molecule has 1 aliphatic heterocycles. The highest BCUT2D eigenvalue weighted by molar-refractivity contribution is 14.0. The molecule has 0 spiro atoms. The highest BCUT2D eigenvalue weighted by Gasteiger charge is 2.15. The summed E-state index contributed by atoms with van der Waals surface area (Å²) in [5.41, 5.74) is 1.29. The number of hydrogen-bond donors (Lipinski definition) is 2. The van der Waals surface area contributed by atoms with E-state index in [1.165, 1.54) is 5.56 Å². The number of rotatable bonds is 13. The van der Waals surface area contributed by atoms with Gasteiger partial charge in [-0.05, 0) is 43.4 Å². The van der Waals surface area contributed by atoms with E-state index in [0.29, 0.717) is 5.92 Å². The standard InChI is InChI=1S/C22H37N3O3.HI/c1-3-4-15-28-21-8-6-19(7-9-21)10-13-25-22(23-2)24-12-5-14-26-17-20-11-16-27-18-20;/h6-9,20H,3-5,10-18H2,1-2H3,(H2,23,24,25);1H. The Morgan fingerprint density at radius 1 is 1.14 bits per heavy atom. The molecule has 1 saturated heterocycles. The summed E-state index contributed by atoms with van der Waals surface area (Å²) in [5, 5.41) is 6.70. The van der Waals surface area contributed by atoms with Crippen LogP contribution in [0.5, 0.6) is 5.75 Å². The Labute approximate surface area is 193 Å². The molecule has 1 aromatic rings. The number of unbranched alkanes of at least 4 members (excludes halogenated alkanes) is 1. The highest BCUT2D eigenvalue weighted by Crippen LogP contribution is 2.13. The Hall–Kier alpha value is -1.06. The summed E-state index contributed by atoms with van der Waals surface area (Å²) in [5.74, 6) is 2.37. The van der Waals surface area contributed by atoms with Crippen molar-refractivity contribution < 1.29 is 14.2 Å². The number of halogens is 1. The zero-order valence-corrected chi connectivity index (χ0v) is 20.3. The van der Waals surface area contributed by atoms with Crippen LogP contribution in [0.3, 0.4) is 0 Å². The van der Waals surface area contributed by atoms with E-state index in [0.717, 1.165) is 89.9 Å². The maximum absolute atomic E-state index is 5.72. The van der Waals surface area contributed by atoms with Crippen LogP contribution in [-0.2, 0) is 15.9 Å². The van der Waals surface area contributed by atoms with Gasteiger partial charge in [-0.25, -0.2) is 0 Å². The van der Waals surface area contributed by atoms with E-state index in [1.807, 2.05) is 0 Å². The second-order valence-corrected chi connectivity index (χ2v) is 7.18. The van der Waals surface area contributed by atoms with Crippen LogP contribution in [-0.4, -0.2) is 59.1 Å². The molecule has 0 amide bonds. The lowest BCUT2D eigenvalue weighted by molar-refractivity contribution is 0.0888. The lowest BCUT2D eigenvalue weighted by atomic mass is 10.1. The van der Waals surface area contributed by atoms with E-state index in [-0.39, 0.29) is 24.0 Å². The van der Waals surface area contributed by atoms with Crippen molar-refractivity contribution in [1.82, 2.24) is 10.6 Å². The molecule has 1 aromatic carbocycles. The molecule has 0 aromatic heterocycles. The SMILES string of the molecule is CCCCOc1ccc(CCNC(=NC)NCCCOCC2CCOC2)cc1.I. The topological polar surface area (TPSA) is 64.1 Å². The van der Waals surface area contributed by atoms with Gasteiger partial charge in [0.1, 0.15) is 5.75 Å². The summed E-state index contributed by atoms with van der Waals surface area (Å²) in [6.07, 6.45) is 5.29. The number of hydrogen-bond acceptors (Lipinski definition) is 4. The van der Waals surface area contributed by atoms with Gasteiger partial charge in [0, 0.05) is 39.3 Å². The van der Waals surface area contributed by atoms with Gasteiger partial charge in [-0.2, -0.15) is 0 Å². The smallest absolute Gasteiger partial charge is 0.190 e. The lowest BCUT2D eigenvalue weighted by Gasteiger charge is -2.13. The highest BCUT2D eigenvalue weighted by atomic mass is 127. The summed E-state index contributed by atoms with van der Waals surface area (Å²) >= 11 is 0. The van der Waals surface area contributed by atoms with Crippen molar-refractivity contribution in [2.75, 3.05) is 53.2 Å². The molecular weight excluding hydrogens is 481 g/mol. The van der Waals surface area contributed by atoms with Crippen LogP contribution in [0.15, 0.2) is 29.3 Å². The van der Waals surface area contributed by atoms with Gasteiger partial charge in [-0.3, -0.25) is 4.99 Å². The maximum atomic E-state index is 5.72. The van der Waals surface area contributed by atoms with Crippen LogP contribution in [0.25, 0.3) is 0 Å². The minimum atomic E-state index is 0. The molecule has 1 atom stereocenters. The van der Waals surface area contributed by atoms with Crippen LogP contribution in [0, 0.1) is 5.92 Å². The fourth-order valence-electron chi connectivity index (χ4n) is 2.98. The van der Waals surface area contributed by atoms with Crippen molar-refractivity contribution in [2.24, 2.45) is 10.9 Å². The van der Waals surface area contributed by atoms with Gasteiger partial charge >= 0.3 is 0 Å². The van der Waals surface area contributed by atoms with E-state index < -0.39 is 0 Å². The Balaban J connectivity index is 0.00000420. The Kier molecular flexibility index (Phi) is 15.0. The number of benzene rings is 1. The number of ether oxygens (including phenoxy) is 3. The van der Waals surface area contributed by atoms with Crippen molar-refractivity contribution in [1.29, 1.82) is 0 Å². The van der Waals surface area contributed by atoms with Crippen molar-refractivity contribution >= 4 is 29.9 Å². The molecular formula is C22H38IN3O3. The molecule has 29 heavy (non-hydrogen) atoms. The van der Waals surface area contributed by atoms with Gasteiger partial charge in [0.2, 0.25) is 0 Å². The monoisotopic (exact) mass is 519 g/mol. The number of nitrogens with zero attached hydrogens (tertiary/aromatic N) is 1. The van der Waals surface area contributed by atoms with Gasteiger partial charge < -0.3 is 24.8 Å². The van der Waals surface area contributed by atoms with Gasteiger partial charge in [-0.1, -0.05) is 25.5 Å². The number of guanidine groups is 1. The molecule has 0 radical (unpaired) electrons. The van der Waals surface area contributed by atoms with Gasteiger partial charge in [0.25, 0.3) is 0 Å². The van der Waals surface area contributed by atoms with Gasteiger partial charge in [0.15, 0.2) is 5.96 Å². The lowest BCUT2D eigenvalue weighted by Crippen LogP contribution is -2.39. The molecule has 2 N–H and O–H groups in total. The average molecular weight is 519 g/mol. The second kappa shape index (κ2) is 16.7. The second-order valence-electron chi connectivity index (χ2n) is 7.18. The number of aliphatic imine (C=N–C) groups is 1. The quantitative estimate of drug-likeness (QED) is 0.180. The van der Waals surface area contributed by atoms with E-state index in [4.69, 9.17) is 14.2 Å². The van der Waals surface area contributed by atoms with Crippen molar-refractivity contribution in [3.63, 3.8) is 0 Å². The minimum absolute atomic E-state index is 0. The van der Waals surface area contributed by atoms with Crippen LogP contribution in [0.1, 0.15) is 38.2 Å². The Morgan fingerprint density at radius 3 is 2.62 bits per heavy atom. The predicted molar refractivity (Wildman–Crippen MR) is 130 cm³/mol. The third-order valence-corrected chi connectivity index (χ3v) is 4.76. The normalized spacial score (nSPS) is 16.3. The third kappa shape index (κ3) is 11.6. The van der Waals surface area contributed by atoms with Gasteiger partial charge in [-0.15, -0.1) is 24.0 Å². The first kappa shape index (κ1) is 26.0. The molecule has 1 unspecified atom stereocenters. The fourth-order valence-corrected chi connectivity index (χ4v) is 2.98. The molecule has 0 bridgehead atoms.